The average molecular weight is 267 g/mol. The fourth-order valence-electron chi connectivity index (χ4n) is 2.76. The van der Waals surface area contributed by atoms with Crippen LogP contribution in [0.25, 0.3) is 0 Å². The number of hydrogen-bond acceptors (Lipinski definition) is 3. The molecule has 2 rings (SSSR count). The first kappa shape index (κ1) is 14.5. The summed E-state index contributed by atoms with van der Waals surface area (Å²) in [5, 5.41) is 13.4. The third-order valence-electron chi connectivity index (χ3n) is 4.78. The smallest absolute Gasteiger partial charge is 0.244 e. The minimum atomic E-state index is -0.860. The van der Waals surface area contributed by atoms with Crippen LogP contribution in [0.15, 0.2) is 11.6 Å². The van der Waals surface area contributed by atoms with Crippen LogP contribution in [-0.2, 0) is 9.53 Å². The van der Waals surface area contributed by atoms with Crippen molar-refractivity contribution in [3.05, 3.63) is 11.6 Å². The lowest BCUT2D eigenvalue weighted by Crippen LogP contribution is -2.68. The molecule has 2 unspecified atom stereocenters. The number of rotatable bonds is 5. The van der Waals surface area contributed by atoms with E-state index in [-0.39, 0.29) is 17.4 Å². The van der Waals surface area contributed by atoms with E-state index in [4.69, 9.17) is 4.74 Å². The summed E-state index contributed by atoms with van der Waals surface area (Å²) in [6.45, 7) is 6.90. The molecule has 2 fully saturated rings. The third-order valence-corrected chi connectivity index (χ3v) is 4.78. The number of nitrogens with one attached hydrogen (secondary N) is 1. The fraction of sp³-hybridized carbons (Fsp3) is 0.800. The van der Waals surface area contributed by atoms with E-state index >= 15 is 0 Å². The number of carbonyl (C=O) groups excluding carboxylic acids is 1. The average Bonchev–Trinajstić information content (AvgIpc) is 2.31. The van der Waals surface area contributed by atoms with Gasteiger partial charge < -0.3 is 15.2 Å². The van der Waals surface area contributed by atoms with Gasteiger partial charge >= 0.3 is 0 Å². The van der Waals surface area contributed by atoms with Crippen molar-refractivity contribution < 1.29 is 14.6 Å². The monoisotopic (exact) mass is 267 g/mol. The molecule has 2 aliphatic carbocycles. The molecule has 4 nitrogen and oxygen atoms in total. The van der Waals surface area contributed by atoms with Crippen molar-refractivity contribution in [2.45, 2.75) is 58.2 Å². The van der Waals surface area contributed by atoms with Gasteiger partial charge in [0.05, 0.1) is 11.7 Å². The van der Waals surface area contributed by atoms with Crippen molar-refractivity contribution in [3.8, 4) is 0 Å². The normalized spacial score (nSPS) is 32.2. The molecule has 0 spiro atoms. The molecule has 0 saturated heterocycles. The lowest BCUT2D eigenvalue weighted by atomic mass is 9.56. The van der Waals surface area contributed by atoms with Gasteiger partial charge in [-0.15, -0.1) is 0 Å². The van der Waals surface area contributed by atoms with Crippen LogP contribution in [0.5, 0.6) is 0 Å². The number of amides is 1. The van der Waals surface area contributed by atoms with Crippen LogP contribution in [0.4, 0.5) is 0 Å². The largest absolute Gasteiger partial charge is 0.387 e. The topological polar surface area (TPSA) is 58.6 Å². The fourth-order valence-corrected chi connectivity index (χ4v) is 2.76. The Bertz CT molecular complexity index is 383. The highest BCUT2D eigenvalue weighted by Gasteiger charge is 2.59. The summed E-state index contributed by atoms with van der Waals surface area (Å²) in [5.74, 6) is -0.0845. The molecule has 2 saturated carbocycles. The van der Waals surface area contributed by atoms with Crippen molar-refractivity contribution in [2.24, 2.45) is 5.41 Å². The summed E-state index contributed by atoms with van der Waals surface area (Å²) in [4.78, 5) is 11.7. The molecule has 0 aromatic carbocycles. The molecule has 0 aliphatic heterocycles. The molecule has 2 aliphatic rings. The highest BCUT2D eigenvalue weighted by molar-refractivity contribution is 5.88. The van der Waals surface area contributed by atoms with E-state index < -0.39 is 5.60 Å². The molecule has 0 heterocycles. The maximum Gasteiger partial charge on any atom is 0.244 e. The second-order valence-electron chi connectivity index (χ2n) is 6.28. The Hall–Kier alpha value is -0.870. The highest BCUT2D eigenvalue weighted by Crippen LogP contribution is 2.50. The number of allylic oxidation sites excluding steroid dienone is 1. The van der Waals surface area contributed by atoms with Gasteiger partial charge in [0, 0.05) is 31.1 Å². The lowest BCUT2D eigenvalue weighted by Gasteiger charge is -2.57. The van der Waals surface area contributed by atoms with Crippen molar-refractivity contribution >= 4 is 5.91 Å². The minimum absolute atomic E-state index is 0.0735. The first-order chi connectivity index (χ1) is 8.89. The summed E-state index contributed by atoms with van der Waals surface area (Å²) in [5.41, 5.74) is 0.0325. The van der Waals surface area contributed by atoms with Crippen LogP contribution in [-0.4, -0.2) is 35.9 Å². The molecule has 19 heavy (non-hydrogen) atoms. The highest BCUT2D eigenvalue weighted by atomic mass is 16.5. The van der Waals surface area contributed by atoms with Gasteiger partial charge in [-0.3, -0.25) is 4.79 Å². The molecule has 1 amide bonds. The maximum absolute atomic E-state index is 11.7. The van der Waals surface area contributed by atoms with E-state index in [1.165, 1.54) is 12.0 Å². The Balaban J connectivity index is 1.84. The molecule has 108 valence electrons. The molecule has 0 aromatic heterocycles. The summed E-state index contributed by atoms with van der Waals surface area (Å²) in [6.07, 6.45) is 5.60. The maximum atomic E-state index is 11.7. The Labute approximate surface area is 115 Å². The van der Waals surface area contributed by atoms with Crippen LogP contribution >= 0.6 is 0 Å². The molecule has 0 aromatic rings. The van der Waals surface area contributed by atoms with Gasteiger partial charge in [-0.05, 0) is 26.2 Å². The summed E-state index contributed by atoms with van der Waals surface area (Å²) >= 11 is 0. The Morgan fingerprint density at radius 3 is 2.68 bits per heavy atom. The number of carbonyl (C=O) groups is 1. The quantitative estimate of drug-likeness (QED) is 0.747. The predicted octanol–water partition coefficient (Wildman–Crippen LogP) is 1.78. The zero-order chi connectivity index (χ0) is 14.1. The summed E-state index contributed by atoms with van der Waals surface area (Å²) < 4.78 is 5.60. The molecule has 0 radical (unpaired) electrons. The van der Waals surface area contributed by atoms with E-state index in [0.717, 1.165) is 12.8 Å². The number of ether oxygens (including phenoxy) is 1. The lowest BCUT2D eigenvalue weighted by molar-refractivity contribution is -0.238. The van der Waals surface area contributed by atoms with E-state index in [9.17, 15) is 9.90 Å². The standard InChI is InChI=1S/C15H25NO3/c1-4-19-12-9-15(18,14(12,2)3)10-16-13(17)8-11-6-5-7-11/h8,12,18H,4-7,9-10H2,1-3H3,(H,16,17). The molecule has 2 atom stereocenters. The van der Waals surface area contributed by atoms with Gasteiger partial charge in [-0.1, -0.05) is 19.4 Å². The van der Waals surface area contributed by atoms with Gasteiger partial charge in [-0.25, -0.2) is 0 Å². The van der Waals surface area contributed by atoms with E-state index in [1.807, 2.05) is 20.8 Å². The number of aliphatic hydroxyl groups is 1. The van der Waals surface area contributed by atoms with E-state index in [0.29, 0.717) is 19.6 Å². The van der Waals surface area contributed by atoms with Gasteiger partial charge in [0.15, 0.2) is 0 Å². The van der Waals surface area contributed by atoms with Crippen LogP contribution in [0.2, 0.25) is 0 Å². The van der Waals surface area contributed by atoms with Crippen LogP contribution in [0.3, 0.4) is 0 Å². The second kappa shape index (κ2) is 5.25. The first-order valence-corrected chi connectivity index (χ1v) is 7.20. The zero-order valence-electron chi connectivity index (χ0n) is 12.2. The third kappa shape index (κ3) is 2.70. The van der Waals surface area contributed by atoms with Crippen molar-refractivity contribution in [1.82, 2.24) is 5.32 Å². The summed E-state index contributed by atoms with van der Waals surface area (Å²) in [7, 11) is 0. The van der Waals surface area contributed by atoms with Gasteiger partial charge in [0.25, 0.3) is 0 Å². The van der Waals surface area contributed by atoms with Crippen LogP contribution in [0, 0.1) is 5.41 Å². The van der Waals surface area contributed by atoms with Gasteiger partial charge in [0.2, 0.25) is 5.91 Å². The van der Waals surface area contributed by atoms with E-state index in [1.54, 1.807) is 6.08 Å². The van der Waals surface area contributed by atoms with Crippen molar-refractivity contribution in [2.75, 3.05) is 13.2 Å². The van der Waals surface area contributed by atoms with E-state index in [2.05, 4.69) is 5.32 Å². The number of hydrogen-bond donors (Lipinski definition) is 2. The minimum Gasteiger partial charge on any atom is -0.387 e. The molecular formula is C15H25NO3. The van der Waals surface area contributed by atoms with Gasteiger partial charge in [0.1, 0.15) is 0 Å². The predicted molar refractivity (Wildman–Crippen MR) is 73.7 cm³/mol. The zero-order valence-corrected chi connectivity index (χ0v) is 12.2. The first-order valence-electron chi connectivity index (χ1n) is 7.20. The molecule has 0 bridgehead atoms. The van der Waals surface area contributed by atoms with Crippen molar-refractivity contribution in [1.29, 1.82) is 0 Å². The Kier molecular flexibility index (Phi) is 4.02. The molecule has 2 N–H and O–H groups in total. The SMILES string of the molecule is CCOC1CC(O)(CNC(=O)C=C2CCC2)C1(C)C. The summed E-state index contributed by atoms with van der Waals surface area (Å²) in [6, 6.07) is 0. The Morgan fingerprint density at radius 1 is 1.53 bits per heavy atom. The second-order valence-corrected chi connectivity index (χ2v) is 6.28. The van der Waals surface area contributed by atoms with Crippen LogP contribution in [0.1, 0.15) is 46.5 Å². The Morgan fingerprint density at radius 2 is 2.21 bits per heavy atom. The van der Waals surface area contributed by atoms with Crippen LogP contribution < -0.4 is 5.32 Å². The molecular weight excluding hydrogens is 242 g/mol. The molecule has 4 heteroatoms. The van der Waals surface area contributed by atoms with Gasteiger partial charge in [-0.2, -0.15) is 0 Å². The van der Waals surface area contributed by atoms with Crippen molar-refractivity contribution in [3.63, 3.8) is 0 Å².